The van der Waals surface area contributed by atoms with E-state index < -0.39 is 0 Å². The molecule has 3 nitrogen and oxygen atoms in total. The molecule has 0 saturated carbocycles. The predicted molar refractivity (Wildman–Crippen MR) is 45.7 cm³/mol. The number of carbonyl (C=O) groups excluding carboxylic acids is 1. The van der Waals surface area contributed by atoms with E-state index in [1.807, 2.05) is 5.40 Å². The molecule has 0 unspecified atom stereocenters. The van der Waals surface area contributed by atoms with Crippen LogP contribution in [-0.2, 0) is 0 Å². The zero-order valence-electron chi connectivity index (χ0n) is 6.44. The van der Waals surface area contributed by atoms with Crippen molar-refractivity contribution in [2.45, 2.75) is 11.8 Å². The molecule has 0 atom stereocenters. The first kappa shape index (κ1) is 8.75. The molecule has 0 amide bonds. The summed E-state index contributed by atoms with van der Waals surface area (Å²) >= 11 is 0.952. The summed E-state index contributed by atoms with van der Waals surface area (Å²) in [4.78, 5) is 15.4. The number of hydrogen-bond acceptors (Lipinski definition) is 4. The van der Waals surface area contributed by atoms with Crippen LogP contribution in [0.5, 0.6) is 0 Å². The second-order valence-electron chi connectivity index (χ2n) is 2.12. The van der Waals surface area contributed by atoms with Gasteiger partial charge in [0, 0.05) is 18.0 Å². The van der Waals surface area contributed by atoms with E-state index in [1.165, 1.54) is 19.3 Å². The third kappa shape index (κ3) is 1.83. The Balaban J connectivity index is 3.10. The van der Waals surface area contributed by atoms with E-state index in [9.17, 15) is 4.79 Å². The maximum atomic E-state index is 11.0. The third-order valence-corrected chi connectivity index (χ3v) is 1.96. The van der Waals surface area contributed by atoms with Crippen molar-refractivity contribution in [2.24, 2.45) is 0 Å². The van der Waals surface area contributed by atoms with Crippen LogP contribution in [0.2, 0.25) is 0 Å². The first-order chi connectivity index (χ1) is 5.75. The lowest BCUT2D eigenvalue weighted by Gasteiger charge is -1.98. The highest BCUT2D eigenvalue weighted by Crippen LogP contribution is 2.20. The Labute approximate surface area is 74.4 Å². The Morgan fingerprint density at radius 2 is 2.50 bits per heavy atom. The second kappa shape index (κ2) is 3.88. The molecule has 0 spiro atoms. The molecule has 60 valence electrons. The van der Waals surface area contributed by atoms with Gasteiger partial charge < -0.3 is 0 Å². The molecule has 0 aliphatic rings. The van der Waals surface area contributed by atoms with Crippen LogP contribution in [0.4, 0.5) is 0 Å². The number of thioether (sulfide) groups is 1. The highest BCUT2D eigenvalue weighted by Gasteiger charge is 2.06. The Morgan fingerprint density at radius 3 is 3.08 bits per heavy atom. The number of hydrogen-bond donors (Lipinski definition) is 0. The van der Waals surface area contributed by atoms with Crippen LogP contribution < -0.4 is 0 Å². The molecular weight excluding hydrogens is 172 g/mol. The lowest BCUT2D eigenvalue weighted by molar-refractivity contribution is 0.101. The highest BCUT2D eigenvalue weighted by atomic mass is 32.2. The van der Waals surface area contributed by atoms with Crippen molar-refractivity contribution in [3.05, 3.63) is 24.0 Å². The number of carbonyl (C=O) groups is 1. The average Bonchev–Trinajstić information content (AvgIpc) is 2.05. The molecule has 0 aliphatic carbocycles. The van der Waals surface area contributed by atoms with Crippen molar-refractivity contribution in [3.8, 4) is 5.40 Å². The number of ketones is 1. The monoisotopic (exact) mass is 178 g/mol. The number of nitriles is 1. The van der Waals surface area contributed by atoms with Gasteiger partial charge in [-0.3, -0.25) is 9.78 Å². The lowest BCUT2D eigenvalue weighted by atomic mass is 10.2. The Morgan fingerprint density at radius 1 is 1.75 bits per heavy atom. The van der Waals surface area contributed by atoms with Gasteiger partial charge in [0.25, 0.3) is 0 Å². The van der Waals surface area contributed by atoms with Crippen LogP contribution in [0.3, 0.4) is 0 Å². The van der Waals surface area contributed by atoms with Crippen LogP contribution in [0.15, 0.2) is 23.4 Å². The summed E-state index contributed by atoms with van der Waals surface area (Å²) in [6, 6.07) is 1.61. The van der Waals surface area contributed by atoms with Crippen molar-refractivity contribution in [1.82, 2.24) is 4.98 Å². The van der Waals surface area contributed by atoms with Crippen molar-refractivity contribution in [1.29, 1.82) is 5.26 Å². The number of Topliss-reactive ketones (excluding diaryl/α,β-unsaturated/α-hetero) is 1. The number of rotatable bonds is 2. The molecule has 0 fully saturated rings. The highest BCUT2D eigenvalue weighted by molar-refractivity contribution is 8.03. The maximum Gasteiger partial charge on any atom is 0.161 e. The van der Waals surface area contributed by atoms with Gasteiger partial charge in [-0.15, -0.1) is 0 Å². The number of pyridine rings is 1. The van der Waals surface area contributed by atoms with Crippen LogP contribution in [0.1, 0.15) is 17.3 Å². The van der Waals surface area contributed by atoms with Crippen molar-refractivity contribution >= 4 is 17.5 Å². The number of nitrogens with zero attached hydrogens (tertiary/aromatic N) is 2. The van der Waals surface area contributed by atoms with Crippen molar-refractivity contribution in [2.75, 3.05) is 0 Å². The first-order valence-corrected chi connectivity index (χ1v) is 4.08. The molecule has 12 heavy (non-hydrogen) atoms. The SMILES string of the molecule is CC(=O)c1ccncc1SC#N. The fraction of sp³-hybridized carbons (Fsp3) is 0.125. The van der Waals surface area contributed by atoms with E-state index in [4.69, 9.17) is 5.26 Å². The van der Waals surface area contributed by atoms with Gasteiger partial charge in [0.1, 0.15) is 5.40 Å². The molecular formula is C8H6N2OS. The summed E-state index contributed by atoms with van der Waals surface area (Å²) in [5.74, 6) is -0.0462. The van der Waals surface area contributed by atoms with Gasteiger partial charge in [-0.05, 0) is 24.8 Å². The van der Waals surface area contributed by atoms with Gasteiger partial charge in [0.15, 0.2) is 5.78 Å². The second-order valence-corrected chi connectivity index (χ2v) is 2.95. The Kier molecular flexibility index (Phi) is 2.83. The molecule has 0 aliphatic heterocycles. The van der Waals surface area contributed by atoms with E-state index in [1.54, 1.807) is 6.07 Å². The summed E-state index contributed by atoms with van der Waals surface area (Å²) in [6.45, 7) is 1.47. The van der Waals surface area contributed by atoms with Crippen molar-refractivity contribution < 1.29 is 4.79 Å². The standard InChI is InChI=1S/C8H6N2OS/c1-6(11)7-2-3-10-4-8(7)12-5-9/h2-4H,1H3. The minimum atomic E-state index is -0.0462. The van der Waals surface area contributed by atoms with Gasteiger partial charge in [0.2, 0.25) is 0 Å². The number of aromatic nitrogens is 1. The molecule has 1 heterocycles. The van der Waals surface area contributed by atoms with Crippen LogP contribution in [0.25, 0.3) is 0 Å². The van der Waals surface area contributed by atoms with Gasteiger partial charge in [-0.1, -0.05) is 0 Å². The fourth-order valence-electron chi connectivity index (χ4n) is 0.801. The van der Waals surface area contributed by atoms with Gasteiger partial charge in [0.05, 0.1) is 4.90 Å². The Hall–Kier alpha value is -1.34. The molecule has 1 aromatic rings. The smallest absolute Gasteiger partial charge is 0.161 e. The number of thiocyanates is 1. The van der Waals surface area contributed by atoms with Crippen molar-refractivity contribution in [3.63, 3.8) is 0 Å². The molecule has 0 bridgehead atoms. The molecule has 0 saturated heterocycles. The first-order valence-electron chi connectivity index (χ1n) is 3.26. The maximum absolute atomic E-state index is 11.0. The minimum absolute atomic E-state index is 0.0462. The lowest BCUT2D eigenvalue weighted by Crippen LogP contribution is -1.94. The molecule has 0 aromatic carbocycles. The molecule has 0 N–H and O–H groups in total. The van der Waals surface area contributed by atoms with E-state index in [-0.39, 0.29) is 5.78 Å². The normalized spacial score (nSPS) is 9.00. The average molecular weight is 178 g/mol. The summed E-state index contributed by atoms with van der Waals surface area (Å²) < 4.78 is 0. The van der Waals surface area contributed by atoms with Gasteiger partial charge >= 0.3 is 0 Å². The minimum Gasteiger partial charge on any atom is -0.294 e. The van der Waals surface area contributed by atoms with E-state index in [0.29, 0.717) is 10.5 Å². The predicted octanol–water partition coefficient (Wildman–Crippen LogP) is 1.86. The zero-order valence-corrected chi connectivity index (χ0v) is 7.26. The van der Waals surface area contributed by atoms with Gasteiger partial charge in [-0.25, -0.2) is 0 Å². The summed E-state index contributed by atoms with van der Waals surface area (Å²) in [6.07, 6.45) is 3.06. The van der Waals surface area contributed by atoms with E-state index >= 15 is 0 Å². The van der Waals surface area contributed by atoms with E-state index in [0.717, 1.165) is 11.8 Å². The zero-order chi connectivity index (χ0) is 8.97. The molecule has 1 aromatic heterocycles. The van der Waals surface area contributed by atoms with Crippen LogP contribution in [-0.4, -0.2) is 10.8 Å². The molecule has 1 rings (SSSR count). The fourth-order valence-corrected chi connectivity index (χ4v) is 1.33. The van der Waals surface area contributed by atoms with E-state index in [2.05, 4.69) is 4.98 Å². The topological polar surface area (TPSA) is 53.8 Å². The third-order valence-electron chi connectivity index (χ3n) is 1.32. The quantitative estimate of drug-likeness (QED) is 0.394. The Bertz CT molecular complexity index is 343. The van der Waals surface area contributed by atoms with Crippen LogP contribution >= 0.6 is 11.8 Å². The molecule has 0 radical (unpaired) electrons. The van der Waals surface area contributed by atoms with Crippen LogP contribution in [0, 0.1) is 10.7 Å². The largest absolute Gasteiger partial charge is 0.294 e. The summed E-state index contributed by atoms with van der Waals surface area (Å²) in [7, 11) is 0. The molecule has 4 heteroatoms. The summed E-state index contributed by atoms with van der Waals surface area (Å²) in [5.41, 5.74) is 0.552. The van der Waals surface area contributed by atoms with Gasteiger partial charge in [-0.2, -0.15) is 5.26 Å². The summed E-state index contributed by atoms with van der Waals surface area (Å²) in [5, 5.41) is 10.3.